The SMILES string of the molecule is CNc1nc(OC)nc(Oc2cc(OC)cc(OC)c2)n1. The van der Waals surface area contributed by atoms with Crippen LogP contribution in [0.5, 0.6) is 29.3 Å². The lowest BCUT2D eigenvalue weighted by atomic mass is 10.3. The molecule has 2 aromatic rings. The molecule has 0 bridgehead atoms. The lowest BCUT2D eigenvalue weighted by Crippen LogP contribution is -2.03. The van der Waals surface area contributed by atoms with Crippen LogP contribution in [0.3, 0.4) is 0 Å². The highest BCUT2D eigenvalue weighted by Crippen LogP contribution is 2.30. The number of nitrogens with zero attached hydrogens (tertiary/aromatic N) is 3. The molecule has 0 unspecified atom stereocenters. The van der Waals surface area contributed by atoms with Crippen molar-refractivity contribution in [2.24, 2.45) is 0 Å². The first-order valence-electron chi connectivity index (χ1n) is 6.07. The van der Waals surface area contributed by atoms with Crippen LogP contribution in [0.1, 0.15) is 0 Å². The van der Waals surface area contributed by atoms with E-state index in [9.17, 15) is 0 Å². The first-order valence-corrected chi connectivity index (χ1v) is 6.07. The van der Waals surface area contributed by atoms with E-state index in [2.05, 4.69) is 20.3 Å². The summed E-state index contributed by atoms with van der Waals surface area (Å²) in [6.07, 6.45) is 0. The van der Waals surface area contributed by atoms with E-state index < -0.39 is 0 Å². The number of aromatic nitrogens is 3. The van der Waals surface area contributed by atoms with Gasteiger partial charge < -0.3 is 24.3 Å². The molecule has 0 aliphatic rings. The van der Waals surface area contributed by atoms with Gasteiger partial charge in [0.1, 0.15) is 17.2 Å². The predicted octanol–water partition coefficient (Wildman–Crippen LogP) is 1.73. The fourth-order valence-electron chi connectivity index (χ4n) is 1.53. The van der Waals surface area contributed by atoms with Crippen LogP contribution < -0.4 is 24.3 Å². The second-order valence-corrected chi connectivity index (χ2v) is 3.83. The van der Waals surface area contributed by atoms with Crippen LogP contribution in [0.2, 0.25) is 0 Å². The summed E-state index contributed by atoms with van der Waals surface area (Å²) in [5, 5.41) is 2.80. The van der Waals surface area contributed by atoms with Gasteiger partial charge in [0, 0.05) is 25.2 Å². The molecule has 1 heterocycles. The molecule has 0 aliphatic carbocycles. The first kappa shape index (κ1) is 14.6. The minimum Gasteiger partial charge on any atom is -0.496 e. The van der Waals surface area contributed by atoms with E-state index in [-0.39, 0.29) is 12.0 Å². The molecule has 1 N–H and O–H groups in total. The first-order chi connectivity index (χ1) is 10.2. The maximum atomic E-state index is 5.61. The molecule has 0 amide bonds. The number of rotatable bonds is 6. The van der Waals surface area contributed by atoms with Crippen molar-refractivity contribution in [3.8, 4) is 29.3 Å². The Hall–Kier alpha value is -2.77. The van der Waals surface area contributed by atoms with Crippen molar-refractivity contribution in [2.75, 3.05) is 33.7 Å². The molecular weight excluding hydrogens is 276 g/mol. The van der Waals surface area contributed by atoms with E-state index >= 15 is 0 Å². The normalized spacial score (nSPS) is 9.90. The summed E-state index contributed by atoms with van der Waals surface area (Å²) in [5.41, 5.74) is 0. The molecular formula is C13H16N4O4. The van der Waals surface area contributed by atoms with E-state index in [1.807, 2.05) is 0 Å². The largest absolute Gasteiger partial charge is 0.496 e. The van der Waals surface area contributed by atoms with E-state index in [1.165, 1.54) is 7.11 Å². The highest BCUT2D eigenvalue weighted by Gasteiger charge is 2.10. The molecule has 8 nitrogen and oxygen atoms in total. The fraction of sp³-hybridized carbons (Fsp3) is 0.308. The predicted molar refractivity (Wildman–Crippen MR) is 75.5 cm³/mol. The Labute approximate surface area is 122 Å². The standard InChI is InChI=1S/C13H16N4O4/c1-14-11-15-12(20-4)17-13(16-11)21-10-6-8(18-2)5-9(7-10)19-3/h5-7H,1-4H3,(H,14,15,16,17). The van der Waals surface area contributed by atoms with Gasteiger partial charge in [-0.2, -0.15) is 9.97 Å². The third kappa shape index (κ3) is 3.62. The summed E-state index contributed by atoms with van der Waals surface area (Å²) < 4.78 is 20.9. The van der Waals surface area contributed by atoms with Crippen LogP contribution in [0, 0.1) is 0 Å². The Morgan fingerprint density at radius 1 is 0.762 bits per heavy atom. The maximum absolute atomic E-state index is 5.61. The Morgan fingerprint density at radius 3 is 1.86 bits per heavy atom. The van der Waals surface area contributed by atoms with Gasteiger partial charge in [-0.25, -0.2) is 0 Å². The van der Waals surface area contributed by atoms with Crippen molar-refractivity contribution >= 4 is 5.95 Å². The fourth-order valence-corrected chi connectivity index (χ4v) is 1.53. The summed E-state index contributed by atoms with van der Waals surface area (Å²) in [4.78, 5) is 12.1. The smallest absolute Gasteiger partial charge is 0.330 e. The Kier molecular flexibility index (Phi) is 4.60. The van der Waals surface area contributed by atoms with Crippen molar-refractivity contribution in [3.05, 3.63) is 18.2 Å². The highest BCUT2D eigenvalue weighted by atomic mass is 16.5. The Morgan fingerprint density at radius 2 is 1.33 bits per heavy atom. The van der Waals surface area contributed by atoms with Gasteiger partial charge in [0.15, 0.2) is 0 Å². The lowest BCUT2D eigenvalue weighted by molar-refractivity contribution is 0.356. The summed E-state index contributed by atoms with van der Waals surface area (Å²) in [7, 11) is 6.27. The number of nitrogens with one attached hydrogen (secondary N) is 1. The van der Waals surface area contributed by atoms with Crippen molar-refractivity contribution in [2.45, 2.75) is 0 Å². The third-order valence-corrected chi connectivity index (χ3v) is 2.53. The van der Waals surface area contributed by atoms with Gasteiger partial charge in [-0.15, -0.1) is 4.98 Å². The molecule has 2 rings (SSSR count). The van der Waals surface area contributed by atoms with Crippen LogP contribution in [0.15, 0.2) is 18.2 Å². The monoisotopic (exact) mass is 292 g/mol. The molecule has 0 radical (unpaired) electrons. The van der Waals surface area contributed by atoms with Gasteiger partial charge in [0.25, 0.3) is 0 Å². The zero-order chi connectivity index (χ0) is 15.2. The number of hydrogen-bond donors (Lipinski definition) is 1. The van der Waals surface area contributed by atoms with Crippen molar-refractivity contribution in [1.82, 2.24) is 15.0 Å². The van der Waals surface area contributed by atoms with E-state index in [0.29, 0.717) is 23.2 Å². The number of methoxy groups -OCH3 is 3. The summed E-state index contributed by atoms with van der Waals surface area (Å²) in [6, 6.07) is 5.37. The van der Waals surface area contributed by atoms with Crippen molar-refractivity contribution in [1.29, 1.82) is 0 Å². The van der Waals surface area contributed by atoms with Crippen molar-refractivity contribution in [3.63, 3.8) is 0 Å². The molecule has 0 aliphatic heterocycles. The van der Waals surface area contributed by atoms with E-state index in [0.717, 1.165) is 0 Å². The molecule has 1 aromatic heterocycles. The topological polar surface area (TPSA) is 87.6 Å². The molecule has 0 atom stereocenters. The van der Waals surface area contributed by atoms with Gasteiger partial charge in [-0.3, -0.25) is 0 Å². The number of anilines is 1. The van der Waals surface area contributed by atoms with Crippen molar-refractivity contribution < 1.29 is 18.9 Å². The molecule has 0 spiro atoms. The second kappa shape index (κ2) is 6.60. The number of benzene rings is 1. The number of ether oxygens (including phenoxy) is 4. The summed E-state index contributed by atoms with van der Waals surface area (Å²) in [5.74, 6) is 2.01. The zero-order valence-corrected chi connectivity index (χ0v) is 12.2. The molecule has 0 saturated heterocycles. The summed E-state index contributed by atoms with van der Waals surface area (Å²) >= 11 is 0. The molecule has 21 heavy (non-hydrogen) atoms. The molecule has 0 saturated carbocycles. The van der Waals surface area contributed by atoms with Crippen LogP contribution in [-0.2, 0) is 0 Å². The van der Waals surface area contributed by atoms with Gasteiger partial charge in [0.2, 0.25) is 5.95 Å². The Balaban J connectivity index is 2.32. The van der Waals surface area contributed by atoms with Crippen LogP contribution in [-0.4, -0.2) is 43.3 Å². The lowest BCUT2D eigenvalue weighted by Gasteiger charge is -2.10. The van der Waals surface area contributed by atoms with Crippen LogP contribution >= 0.6 is 0 Å². The van der Waals surface area contributed by atoms with Crippen LogP contribution in [0.4, 0.5) is 5.95 Å². The third-order valence-electron chi connectivity index (χ3n) is 2.53. The highest BCUT2D eigenvalue weighted by molar-refractivity contribution is 5.43. The maximum Gasteiger partial charge on any atom is 0.330 e. The zero-order valence-electron chi connectivity index (χ0n) is 12.2. The number of hydrogen-bond acceptors (Lipinski definition) is 8. The Bertz CT molecular complexity index is 523. The van der Waals surface area contributed by atoms with Crippen LogP contribution in [0.25, 0.3) is 0 Å². The summed E-state index contributed by atoms with van der Waals surface area (Å²) in [6.45, 7) is 0. The average Bonchev–Trinajstić information content (AvgIpc) is 2.53. The quantitative estimate of drug-likeness (QED) is 0.861. The second-order valence-electron chi connectivity index (χ2n) is 3.83. The van der Waals surface area contributed by atoms with Gasteiger partial charge in [0.05, 0.1) is 21.3 Å². The van der Waals surface area contributed by atoms with Gasteiger partial charge in [-0.05, 0) is 0 Å². The van der Waals surface area contributed by atoms with Gasteiger partial charge in [-0.1, -0.05) is 0 Å². The average molecular weight is 292 g/mol. The van der Waals surface area contributed by atoms with Gasteiger partial charge >= 0.3 is 12.0 Å². The molecule has 1 aromatic carbocycles. The van der Waals surface area contributed by atoms with E-state index in [4.69, 9.17) is 18.9 Å². The molecule has 0 fully saturated rings. The molecule has 8 heteroatoms. The van der Waals surface area contributed by atoms with E-state index in [1.54, 1.807) is 39.5 Å². The minimum absolute atomic E-state index is 0.0986. The minimum atomic E-state index is 0.0986. The molecule has 112 valence electrons.